The average Bonchev–Trinajstić information content (AvgIpc) is 2.99. The normalized spacial score (nSPS) is 24.4. The SMILES string of the molecule is Cc1ccc2onc(NCC(=O)NC3CN(C4CCC(N)CC4)C3)c2c1. The fourth-order valence-corrected chi connectivity index (χ4v) is 3.99. The molecule has 1 aromatic heterocycles. The minimum absolute atomic E-state index is 0.0101. The Bertz CT molecular complexity index is 775. The fourth-order valence-electron chi connectivity index (χ4n) is 3.99. The van der Waals surface area contributed by atoms with E-state index in [1.54, 1.807) is 0 Å². The zero-order chi connectivity index (χ0) is 18.1. The first kappa shape index (κ1) is 17.3. The fraction of sp³-hybridized carbons (Fsp3) is 0.579. The number of anilines is 1. The molecule has 2 fully saturated rings. The van der Waals surface area contributed by atoms with Gasteiger partial charge in [-0.25, -0.2) is 0 Å². The zero-order valence-electron chi connectivity index (χ0n) is 15.2. The topological polar surface area (TPSA) is 96.4 Å². The third-order valence-electron chi connectivity index (χ3n) is 5.57. The standard InChI is InChI=1S/C19H27N5O2/c1-12-2-7-17-16(8-12)19(23-26-17)21-9-18(25)22-14-10-24(11-14)15-5-3-13(20)4-6-15/h2,7-8,13-15H,3-6,9-11,20H2,1H3,(H,21,23)(H,22,25). The maximum absolute atomic E-state index is 12.2. The van der Waals surface area contributed by atoms with Crippen molar-refractivity contribution < 1.29 is 9.32 Å². The van der Waals surface area contributed by atoms with E-state index in [2.05, 4.69) is 20.7 Å². The molecular formula is C19H27N5O2. The van der Waals surface area contributed by atoms with E-state index in [1.807, 2.05) is 25.1 Å². The Labute approximate surface area is 153 Å². The molecule has 1 aliphatic carbocycles. The lowest BCUT2D eigenvalue weighted by Crippen LogP contribution is -2.63. The molecule has 7 nitrogen and oxygen atoms in total. The van der Waals surface area contributed by atoms with Crippen LogP contribution in [0.3, 0.4) is 0 Å². The van der Waals surface area contributed by atoms with Crippen LogP contribution in [0.15, 0.2) is 22.7 Å². The smallest absolute Gasteiger partial charge is 0.239 e. The highest BCUT2D eigenvalue weighted by Gasteiger charge is 2.34. The van der Waals surface area contributed by atoms with Crippen LogP contribution in [0, 0.1) is 6.92 Å². The van der Waals surface area contributed by atoms with Gasteiger partial charge in [0.1, 0.15) is 0 Å². The van der Waals surface area contributed by atoms with Crippen LogP contribution in [0.25, 0.3) is 11.0 Å². The summed E-state index contributed by atoms with van der Waals surface area (Å²) in [6, 6.07) is 7.15. The van der Waals surface area contributed by atoms with Crippen LogP contribution in [0.5, 0.6) is 0 Å². The largest absolute Gasteiger partial charge is 0.358 e. The predicted molar refractivity (Wildman–Crippen MR) is 101 cm³/mol. The first-order valence-electron chi connectivity index (χ1n) is 9.47. The molecular weight excluding hydrogens is 330 g/mol. The van der Waals surface area contributed by atoms with Gasteiger partial charge in [-0.05, 0) is 44.7 Å². The Hall–Kier alpha value is -2.12. The molecule has 26 heavy (non-hydrogen) atoms. The number of hydrogen-bond acceptors (Lipinski definition) is 6. The maximum Gasteiger partial charge on any atom is 0.239 e. The second-order valence-electron chi connectivity index (χ2n) is 7.67. The van der Waals surface area contributed by atoms with E-state index in [4.69, 9.17) is 10.3 Å². The molecule has 0 spiro atoms. The number of benzene rings is 1. The Kier molecular flexibility index (Phi) is 4.82. The van der Waals surface area contributed by atoms with Crippen molar-refractivity contribution in [2.75, 3.05) is 25.0 Å². The predicted octanol–water partition coefficient (Wildman–Crippen LogP) is 1.62. The van der Waals surface area contributed by atoms with Gasteiger partial charge in [0.15, 0.2) is 11.4 Å². The van der Waals surface area contributed by atoms with Gasteiger partial charge in [0.05, 0.1) is 18.0 Å². The van der Waals surface area contributed by atoms with Crippen LogP contribution < -0.4 is 16.4 Å². The summed E-state index contributed by atoms with van der Waals surface area (Å²) in [4.78, 5) is 14.7. The van der Waals surface area contributed by atoms with Gasteiger partial charge in [-0.2, -0.15) is 0 Å². The van der Waals surface area contributed by atoms with Gasteiger partial charge < -0.3 is 20.9 Å². The minimum Gasteiger partial charge on any atom is -0.358 e. The van der Waals surface area contributed by atoms with Gasteiger partial charge in [0.25, 0.3) is 0 Å². The number of nitrogens with zero attached hydrogens (tertiary/aromatic N) is 2. The number of nitrogens with two attached hydrogens (primary N) is 1. The van der Waals surface area contributed by atoms with E-state index in [9.17, 15) is 4.79 Å². The number of fused-ring (bicyclic) bond motifs is 1. The number of likely N-dealkylation sites (tertiary alicyclic amines) is 1. The number of aromatic nitrogens is 1. The molecule has 140 valence electrons. The molecule has 0 atom stereocenters. The Balaban J connectivity index is 1.22. The lowest BCUT2D eigenvalue weighted by molar-refractivity contribution is -0.121. The maximum atomic E-state index is 12.2. The molecule has 7 heteroatoms. The van der Waals surface area contributed by atoms with E-state index < -0.39 is 0 Å². The highest BCUT2D eigenvalue weighted by atomic mass is 16.5. The highest BCUT2D eigenvalue weighted by Crippen LogP contribution is 2.26. The van der Waals surface area contributed by atoms with Crippen molar-refractivity contribution >= 4 is 22.7 Å². The van der Waals surface area contributed by atoms with Crippen molar-refractivity contribution in [2.45, 2.75) is 50.7 Å². The van der Waals surface area contributed by atoms with Crippen LogP contribution in [0.4, 0.5) is 5.82 Å². The molecule has 2 aliphatic rings. The van der Waals surface area contributed by atoms with Gasteiger partial charge in [0.2, 0.25) is 5.91 Å². The summed E-state index contributed by atoms with van der Waals surface area (Å²) in [5, 5.41) is 11.1. The van der Waals surface area contributed by atoms with Crippen molar-refractivity contribution in [3.05, 3.63) is 23.8 Å². The Morgan fingerprint density at radius 1 is 1.31 bits per heavy atom. The lowest BCUT2D eigenvalue weighted by Gasteiger charge is -2.46. The first-order chi connectivity index (χ1) is 12.6. The van der Waals surface area contributed by atoms with Gasteiger partial charge in [-0.1, -0.05) is 16.8 Å². The van der Waals surface area contributed by atoms with E-state index >= 15 is 0 Å². The van der Waals surface area contributed by atoms with Crippen molar-refractivity contribution in [2.24, 2.45) is 5.73 Å². The van der Waals surface area contributed by atoms with Crippen LogP contribution in [0.1, 0.15) is 31.2 Å². The van der Waals surface area contributed by atoms with E-state index in [1.165, 1.54) is 12.8 Å². The van der Waals surface area contributed by atoms with Crippen LogP contribution >= 0.6 is 0 Å². The summed E-state index contributed by atoms with van der Waals surface area (Å²) in [5.41, 5.74) is 7.83. The second-order valence-corrected chi connectivity index (χ2v) is 7.67. The van der Waals surface area contributed by atoms with Crippen molar-refractivity contribution in [1.29, 1.82) is 0 Å². The molecule has 1 saturated carbocycles. The molecule has 2 aromatic rings. The third kappa shape index (κ3) is 3.68. The van der Waals surface area contributed by atoms with Gasteiger partial charge in [0, 0.05) is 25.2 Å². The summed E-state index contributed by atoms with van der Waals surface area (Å²) in [6.07, 6.45) is 4.60. The quantitative estimate of drug-likeness (QED) is 0.752. The van der Waals surface area contributed by atoms with Crippen molar-refractivity contribution in [3.8, 4) is 0 Å². The van der Waals surface area contributed by atoms with Crippen LogP contribution in [0.2, 0.25) is 0 Å². The summed E-state index contributed by atoms with van der Waals surface area (Å²) in [7, 11) is 0. The molecule has 1 aliphatic heterocycles. The molecule has 1 saturated heterocycles. The number of carbonyl (C=O) groups excluding carboxylic acids is 1. The summed E-state index contributed by atoms with van der Waals surface area (Å²) >= 11 is 0. The van der Waals surface area contributed by atoms with E-state index in [-0.39, 0.29) is 18.5 Å². The molecule has 0 bridgehead atoms. The van der Waals surface area contributed by atoms with E-state index in [0.717, 1.165) is 42.5 Å². The number of aryl methyl sites for hydroxylation is 1. The Morgan fingerprint density at radius 3 is 2.85 bits per heavy atom. The monoisotopic (exact) mass is 357 g/mol. The van der Waals surface area contributed by atoms with Crippen molar-refractivity contribution in [3.63, 3.8) is 0 Å². The number of nitrogens with one attached hydrogen (secondary N) is 2. The molecule has 4 N–H and O–H groups in total. The highest BCUT2D eigenvalue weighted by molar-refractivity contribution is 5.90. The van der Waals surface area contributed by atoms with Gasteiger partial charge >= 0.3 is 0 Å². The number of carbonyl (C=O) groups is 1. The first-order valence-corrected chi connectivity index (χ1v) is 9.47. The molecule has 4 rings (SSSR count). The molecule has 0 radical (unpaired) electrons. The molecule has 2 heterocycles. The van der Waals surface area contributed by atoms with Crippen LogP contribution in [-0.4, -0.2) is 53.7 Å². The van der Waals surface area contributed by atoms with E-state index in [0.29, 0.717) is 17.9 Å². The lowest BCUT2D eigenvalue weighted by atomic mass is 9.88. The summed E-state index contributed by atoms with van der Waals surface area (Å²) < 4.78 is 5.28. The van der Waals surface area contributed by atoms with Gasteiger partial charge in [-0.15, -0.1) is 0 Å². The molecule has 1 aromatic carbocycles. The number of amides is 1. The van der Waals surface area contributed by atoms with Crippen LogP contribution in [-0.2, 0) is 4.79 Å². The number of rotatable bonds is 5. The molecule has 0 unspecified atom stereocenters. The van der Waals surface area contributed by atoms with Gasteiger partial charge in [-0.3, -0.25) is 9.69 Å². The summed E-state index contributed by atoms with van der Waals surface area (Å²) in [5.74, 6) is 0.608. The Morgan fingerprint density at radius 2 is 2.08 bits per heavy atom. The average molecular weight is 357 g/mol. The minimum atomic E-state index is -0.0101. The third-order valence-corrected chi connectivity index (χ3v) is 5.57. The summed E-state index contributed by atoms with van der Waals surface area (Å²) in [6.45, 7) is 4.10. The van der Waals surface area contributed by atoms with Crippen molar-refractivity contribution in [1.82, 2.24) is 15.4 Å². The number of hydrogen-bond donors (Lipinski definition) is 3. The zero-order valence-corrected chi connectivity index (χ0v) is 15.2. The second kappa shape index (κ2) is 7.25. The molecule has 1 amide bonds.